The number of benzene rings is 1. The van der Waals surface area contributed by atoms with Gasteiger partial charge in [-0.1, -0.05) is 13.0 Å². The van der Waals surface area contributed by atoms with Crippen LogP contribution in [0.1, 0.15) is 55.7 Å². The molecule has 1 aromatic carbocycles. The van der Waals surface area contributed by atoms with E-state index in [0.717, 1.165) is 80.5 Å². The summed E-state index contributed by atoms with van der Waals surface area (Å²) in [6, 6.07) is 7.79. The van der Waals surface area contributed by atoms with Gasteiger partial charge in [-0.05, 0) is 79.5 Å². The quantitative estimate of drug-likeness (QED) is 0.547. The molecule has 2 aliphatic heterocycles. The fourth-order valence-electron chi connectivity index (χ4n) is 5.47. The predicted molar refractivity (Wildman–Crippen MR) is 134 cm³/mol. The van der Waals surface area contributed by atoms with Crippen molar-refractivity contribution in [3.8, 4) is 11.8 Å². The number of hydrogen-bond donors (Lipinski definition) is 0. The molecule has 3 fully saturated rings. The third kappa shape index (κ3) is 5.58. The van der Waals surface area contributed by atoms with E-state index < -0.39 is 0 Å². The summed E-state index contributed by atoms with van der Waals surface area (Å²) in [4.78, 5) is 25.5. The number of carbonyl (C=O) groups is 1. The minimum absolute atomic E-state index is 0.106. The van der Waals surface area contributed by atoms with Crippen LogP contribution in [0.3, 0.4) is 0 Å². The van der Waals surface area contributed by atoms with Crippen LogP contribution in [0.4, 0.5) is 5.95 Å². The van der Waals surface area contributed by atoms with Crippen molar-refractivity contribution < 1.29 is 9.53 Å². The van der Waals surface area contributed by atoms with Gasteiger partial charge in [-0.2, -0.15) is 5.26 Å². The highest BCUT2D eigenvalue weighted by Gasteiger charge is 2.43. The third-order valence-electron chi connectivity index (χ3n) is 8.01. The fourth-order valence-corrected chi connectivity index (χ4v) is 5.47. The number of aryl methyl sites for hydroxylation is 1. The van der Waals surface area contributed by atoms with Crippen LogP contribution in [0.2, 0.25) is 0 Å². The number of hydrogen-bond acceptors (Lipinski definition) is 6. The van der Waals surface area contributed by atoms with Crippen LogP contribution in [0, 0.1) is 29.1 Å². The summed E-state index contributed by atoms with van der Waals surface area (Å²) in [5, 5.41) is 9.54. The molecular weight excluding hydrogens is 438 g/mol. The molecule has 0 N–H and O–H groups in total. The van der Waals surface area contributed by atoms with Crippen LogP contribution in [0.15, 0.2) is 30.6 Å². The summed E-state index contributed by atoms with van der Waals surface area (Å²) in [6.07, 6.45) is 11.0. The number of rotatable bonds is 9. The first-order valence-corrected chi connectivity index (χ1v) is 13.1. The Balaban J connectivity index is 1.04. The van der Waals surface area contributed by atoms with E-state index in [4.69, 9.17) is 4.74 Å². The molecule has 1 aromatic heterocycles. The van der Waals surface area contributed by atoms with Gasteiger partial charge in [0.05, 0.1) is 24.7 Å². The molecule has 7 nitrogen and oxygen atoms in total. The monoisotopic (exact) mass is 473 g/mol. The van der Waals surface area contributed by atoms with E-state index in [1.807, 2.05) is 29.4 Å². The summed E-state index contributed by atoms with van der Waals surface area (Å²) in [7, 11) is 0. The zero-order valence-electron chi connectivity index (χ0n) is 20.7. The van der Waals surface area contributed by atoms with Crippen LogP contribution in [0.5, 0.6) is 5.75 Å². The van der Waals surface area contributed by atoms with Gasteiger partial charge in [0, 0.05) is 38.6 Å². The highest BCUT2D eigenvalue weighted by atomic mass is 16.5. The Morgan fingerprint density at radius 2 is 1.94 bits per heavy atom. The van der Waals surface area contributed by atoms with Gasteiger partial charge in [0.25, 0.3) is 0 Å². The Morgan fingerprint density at radius 1 is 1.17 bits per heavy atom. The Bertz CT molecular complexity index is 1070. The van der Waals surface area contributed by atoms with Crippen molar-refractivity contribution in [1.82, 2.24) is 14.9 Å². The molecule has 0 radical (unpaired) electrons. The van der Waals surface area contributed by atoms with Crippen molar-refractivity contribution in [2.75, 3.05) is 37.7 Å². The molecule has 2 saturated heterocycles. The van der Waals surface area contributed by atoms with E-state index >= 15 is 0 Å². The van der Waals surface area contributed by atoms with Gasteiger partial charge >= 0.3 is 0 Å². The average molecular weight is 474 g/mol. The lowest BCUT2D eigenvalue weighted by Crippen LogP contribution is -2.42. The van der Waals surface area contributed by atoms with E-state index in [0.29, 0.717) is 18.6 Å². The second kappa shape index (κ2) is 10.6. The molecule has 1 aliphatic carbocycles. The molecule has 0 spiro atoms. The molecular formula is C28H35N5O2. The van der Waals surface area contributed by atoms with Crippen molar-refractivity contribution in [2.24, 2.45) is 17.8 Å². The SMILES string of the molecule is CCc1cnc(N2CCC([C@H]3C[C@H]3CCOc3ccc(CC(=O)N4CCC4)c(C#N)c3)CC2)nc1. The molecule has 0 unspecified atom stereocenters. The van der Waals surface area contributed by atoms with Crippen LogP contribution in [-0.4, -0.2) is 53.6 Å². The van der Waals surface area contributed by atoms with Gasteiger partial charge in [0.15, 0.2) is 0 Å². The Hall–Kier alpha value is -3.14. The van der Waals surface area contributed by atoms with Crippen molar-refractivity contribution in [3.05, 3.63) is 47.3 Å². The smallest absolute Gasteiger partial charge is 0.227 e. The van der Waals surface area contributed by atoms with E-state index in [1.54, 1.807) is 6.07 Å². The highest BCUT2D eigenvalue weighted by Crippen LogP contribution is 2.49. The lowest BCUT2D eigenvalue weighted by molar-refractivity contribution is -0.133. The normalized spacial score (nSPS) is 21.8. The van der Waals surface area contributed by atoms with E-state index in [2.05, 4.69) is 27.9 Å². The van der Waals surface area contributed by atoms with Gasteiger partial charge in [-0.15, -0.1) is 0 Å². The average Bonchev–Trinajstić information content (AvgIpc) is 3.63. The number of nitriles is 1. The first-order valence-electron chi connectivity index (χ1n) is 13.1. The molecule has 3 aliphatic rings. The van der Waals surface area contributed by atoms with Gasteiger partial charge in [0.2, 0.25) is 11.9 Å². The van der Waals surface area contributed by atoms with Crippen molar-refractivity contribution in [3.63, 3.8) is 0 Å². The maximum Gasteiger partial charge on any atom is 0.227 e. The molecule has 2 aromatic rings. The first kappa shape index (κ1) is 23.6. The summed E-state index contributed by atoms with van der Waals surface area (Å²) >= 11 is 0. The number of piperidine rings is 1. The number of amides is 1. The molecule has 184 valence electrons. The predicted octanol–water partition coefficient (Wildman–Crippen LogP) is 4.01. The second-order valence-electron chi connectivity index (χ2n) is 10.2. The minimum atomic E-state index is 0.106. The number of carbonyl (C=O) groups excluding carboxylic acids is 1. The number of anilines is 1. The molecule has 1 saturated carbocycles. The number of ether oxygens (including phenoxy) is 1. The maximum atomic E-state index is 12.3. The Kier molecular flexibility index (Phi) is 7.17. The third-order valence-corrected chi connectivity index (χ3v) is 8.01. The molecule has 3 heterocycles. The van der Waals surface area contributed by atoms with Gasteiger partial charge in [-0.3, -0.25) is 4.79 Å². The fraction of sp³-hybridized carbons (Fsp3) is 0.571. The number of likely N-dealkylation sites (tertiary alicyclic amines) is 1. The molecule has 2 atom stereocenters. The molecule has 5 rings (SSSR count). The largest absolute Gasteiger partial charge is 0.494 e. The number of nitrogens with zero attached hydrogens (tertiary/aromatic N) is 5. The zero-order chi connectivity index (χ0) is 24.2. The molecule has 1 amide bonds. The lowest BCUT2D eigenvalue weighted by Gasteiger charge is -2.32. The van der Waals surface area contributed by atoms with Crippen molar-refractivity contribution in [2.45, 2.75) is 51.9 Å². The lowest BCUT2D eigenvalue weighted by atomic mass is 9.90. The van der Waals surface area contributed by atoms with Crippen molar-refractivity contribution in [1.29, 1.82) is 5.26 Å². The van der Waals surface area contributed by atoms with Gasteiger partial charge in [0.1, 0.15) is 5.75 Å². The van der Waals surface area contributed by atoms with E-state index in [-0.39, 0.29) is 5.91 Å². The molecule has 0 bridgehead atoms. The van der Waals surface area contributed by atoms with Crippen LogP contribution in [0.25, 0.3) is 0 Å². The van der Waals surface area contributed by atoms with Gasteiger partial charge < -0.3 is 14.5 Å². The van der Waals surface area contributed by atoms with Crippen LogP contribution >= 0.6 is 0 Å². The standard InChI is InChI=1S/C28H35N5O2/c1-2-20-18-30-28(31-19-20)33-11-6-21(7-12-33)26-15-23(26)8-13-35-25-5-4-22(24(14-25)17-29)16-27(34)32-9-3-10-32/h4-5,14,18-19,21,23,26H,2-3,6-13,15-16H2,1H3/t23-,26-/m1/s1. The number of aromatic nitrogens is 2. The first-order chi connectivity index (χ1) is 17.1. The Morgan fingerprint density at radius 3 is 2.60 bits per heavy atom. The zero-order valence-corrected chi connectivity index (χ0v) is 20.7. The van der Waals surface area contributed by atoms with Crippen LogP contribution < -0.4 is 9.64 Å². The topological polar surface area (TPSA) is 82.4 Å². The minimum Gasteiger partial charge on any atom is -0.494 e. The summed E-state index contributed by atoms with van der Waals surface area (Å²) in [5.41, 5.74) is 2.52. The maximum absolute atomic E-state index is 12.3. The summed E-state index contributed by atoms with van der Waals surface area (Å²) < 4.78 is 6.00. The van der Waals surface area contributed by atoms with E-state index in [9.17, 15) is 10.1 Å². The van der Waals surface area contributed by atoms with Crippen molar-refractivity contribution >= 4 is 11.9 Å². The van der Waals surface area contributed by atoms with Gasteiger partial charge in [-0.25, -0.2) is 9.97 Å². The van der Waals surface area contributed by atoms with Crippen LogP contribution in [-0.2, 0) is 17.6 Å². The molecule has 35 heavy (non-hydrogen) atoms. The summed E-state index contributed by atoms with van der Waals surface area (Å²) in [6.45, 7) is 6.56. The molecule has 7 heteroatoms. The van der Waals surface area contributed by atoms with E-state index in [1.165, 1.54) is 24.8 Å². The summed E-state index contributed by atoms with van der Waals surface area (Å²) in [5.74, 6) is 4.05. The Labute approximate surface area is 208 Å². The highest BCUT2D eigenvalue weighted by molar-refractivity contribution is 5.80. The second-order valence-corrected chi connectivity index (χ2v) is 10.2.